The Labute approximate surface area is 90.0 Å². The molecule has 0 aliphatic carbocycles. The minimum Gasteiger partial charge on any atom is -0.463 e. The van der Waals surface area contributed by atoms with Crippen molar-refractivity contribution in [1.82, 2.24) is 0 Å². The monoisotopic (exact) mass is 208 g/mol. The highest BCUT2D eigenvalue weighted by Gasteiger charge is 2.12. The van der Waals surface area contributed by atoms with Crippen LogP contribution in [0.15, 0.2) is 30.3 Å². The summed E-state index contributed by atoms with van der Waals surface area (Å²) in [4.78, 5) is 10.7. The van der Waals surface area contributed by atoms with Gasteiger partial charge in [-0.2, -0.15) is 0 Å². The van der Waals surface area contributed by atoms with Crippen LogP contribution in [-0.4, -0.2) is 19.2 Å². The van der Waals surface area contributed by atoms with E-state index in [1.807, 2.05) is 37.3 Å². The Kier molecular flexibility index (Phi) is 4.84. The van der Waals surface area contributed by atoms with Crippen LogP contribution in [0.1, 0.15) is 25.5 Å². The van der Waals surface area contributed by atoms with Gasteiger partial charge in [0.05, 0.1) is 0 Å². The third-order valence-electron chi connectivity index (χ3n) is 1.98. The minimum absolute atomic E-state index is 0.167. The molecule has 0 fully saturated rings. The highest BCUT2D eigenvalue weighted by molar-refractivity contribution is 5.65. The first-order valence-electron chi connectivity index (χ1n) is 5.04. The lowest BCUT2D eigenvalue weighted by Gasteiger charge is -2.16. The fraction of sp³-hybridized carbons (Fsp3) is 0.417. The van der Waals surface area contributed by atoms with E-state index in [0.717, 1.165) is 5.56 Å². The summed E-state index contributed by atoms with van der Waals surface area (Å²) in [6.07, 6.45) is -0.167. The van der Waals surface area contributed by atoms with Crippen LogP contribution >= 0.6 is 0 Å². The largest absolute Gasteiger partial charge is 0.463 e. The molecular formula is C12H16O3. The molecule has 3 heteroatoms. The first kappa shape index (κ1) is 11.7. The second-order valence-electron chi connectivity index (χ2n) is 3.16. The van der Waals surface area contributed by atoms with E-state index in [1.165, 1.54) is 6.92 Å². The Hall–Kier alpha value is -1.35. The molecule has 0 aromatic heterocycles. The smallest absolute Gasteiger partial charge is 0.302 e. The molecule has 15 heavy (non-hydrogen) atoms. The van der Waals surface area contributed by atoms with E-state index in [1.54, 1.807) is 0 Å². The highest BCUT2D eigenvalue weighted by Crippen LogP contribution is 2.17. The lowest BCUT2D eigenvalue weighted by atomic mass is 10.1. The molecule has 0 spiro atoms. The molecule has 0 radical (unpaired) electrons. The third-order valence-corrected chi connectivity index (χ3v) is 1.98. The maximum Gasteiger partial charge on any atom is 0.302 e. The van der Waals surface area contributed by atoms with Gasteiger partial charge in [0.25, 0.3) is 0 Å². The summed E-state index contributed by atoms with van der Waals surface area (Å²) >= 11 is 0. The fourth-order valence-electron chi connectivity index (χ4n) is 1.30. The van der Waals surface area contributed by atoms with Gasteiger partial charge >= 0.3 is 5.97 Å². The van der Waals surface area contributed by atoms with Crippen molar-refractivity contribution in [2.75, 3.05) is 13.2 Å². The van der Waals surface area contributed by atoms with Crippen LogP contribution in [0, 0.1) is 0 Å². The standard InChI is InChI=1S/C12H16O3/c1-3-14-12(9-15-10(2)13)11-7-5-4-6-8-11/h4-8,12H,3,9H2,1-2H3. The molecule has 82 valence electrons. The molecule has 0 N–H and O–H groups in total. The molecule has 0 saturated carbocycles. The zero-order chi connectivity index (χ0) is 11.1. The first-order valence-corrected chi connectivity index (χ1v) is 5.04. The second kappa shape index (κ2) is 6.19. The fourth-order valence-corrected chi connectivity index (χ4v) is 1.30. The van der Waals surface area contributed by atoms with E-state index in [0.29, 0.717) is 6.61 Å². The number of ether oxygens (including phenoxy) is 2. The van der Waals surface area contributed by atoms with E-state index in [-0.39, 0.29) is 18.7 Å². The quantitative estimate of drug-likeness (QED) is 0.697. The summed E-state index contributed by atoms with van der Waals surface area (Å²) in [5.41, 5.74) is 1.03. The van der Waals surface area contributed by atoms with Crippen molar-refractivity contribution >= 4 is 5.97 Å². The zero-order valence-electron chi connectivity index (χ0n) is 9.10. The summed E-state index contributed by atoms with van der Waals surface area (Å²) in [6.45, 7) is 4.19. The Morgan fingerprint density at radius 1 is 1.33 bits per heavy atom. The van der Waals surface area contributed by atoms with Crippen LogP contribution in [0.25, 0.3) is 0 Å². The van der Waals surface area contributed by atoms with Crippen molar-refractivity contribution < 1.29 is 14.3 Å². The van der Waals surface area contributed by atoms with Gasteiger partial charge in [0.1, 0.15) is 12.7 Å². The number of rotatable bonds is 5. The van der Waals surface area contributed by atoms with Crippen LogP contribution in [0.4, 0.5) is 0 Å². The Morgan fingerprint density at radius 2 is 2.00 bits per heavy atom. The van der Waals surface area contributed by atoms with Gasteiger partial charge in [0.15, 0.2) is 0 Å². The van der Waals surface area contributed by atoms with Crippen molar-refractivity contribution in [3.8, 4) is 0 Å². The van der Waals surface area contributed by atoms with E-state index in [2.05, 4.69) is 0 Å². The van der Waals surface area contributed by atoms with E-state index >= 15 is 0 Å². The topological polar surface area (TPSA) is 35.5 Å². The van der Waals surface area contributed by atoms with Crippen molar-refractivity contribution in [3.63, 3.8) is 0 Å². The number of hydrogen-bond acceptors (Lipinski definition) is 3. The normalized spacial score (nSPS) is 12.1. The lowest BCUT2D eigenvalue weighted by Crippen LogP contribution is -2.13. The number of benzene rings is 1. The molecule has 0 heterocycles. The van der Waals surface area contributed by atoms with Crippen LogP contribution in [-0.2, 0) is 14.3 Å². The summed E-state index contributed by atoms with van der Waals surface area (Å²) in [7, 11) is 0. The average molecular weight is 208 g/mol. The van der Waals surface area contributed by atoms with Crippen molar-refractivity contribution in [2.45, 2.75) is 20.0 Å². The van der Waals surface area contributed by atoms with E-state index in [4.69, 9.17) is 9.47 Å². The summed E-state index contributed by atoms with van der Waals surface area (Å²) in [6, 6.07) is 9.75. The van der Waals surface area contributed by atoms with Crippen molar-refractivity contribution in [3.05, 3.63) is 35.9 Å². The summed E-state index contributed by atoms with van der Waals surface area (Å²) in [5, 5.41) is 0. The summed E-state index contributed by atoms with van der Waals surface area (Å²) in [5.74, 6) is -0.282. The number of esters is 1. The van der Waals surface area contributed by atoms with Crippen molar-refractivity contribution in [2.24, 2.45) is 0 Å². The molecule has 0 aliphatic heterocycles. The maximum atomic E-state index is 10.7. The first-order chi connectivity index (χ1) is 7.24. The number of hydrogen-bond donors (Lipinski definition) is 0. The highest BCUT2D eigenvalue weighted by atomic mass is 16.6. The average Bonchev–Trinajstić information content (AvgIpc) is 2.25. The molecule has 0 saturated heterocycles. The number of carbonyl (C=O) groups excluding carboxylic acids is 1. The van der Waals surface area contributed by atoms with Gasteiger partial charge < -0.3 is 9.47 Å². The van der Waals surface area contributed by atoms with Gasteiger partial charge in [0, 0.05) is 13.5 Å². The van der Waals surface area contributed by atoms with Crippen LogP contribution in [0.3, 0.4) is 0 Å². The lowest BCUT2D eigenvalue weighted by molar-refractivity contribution is -0.145. The van der Waals surface area contributed by atoms with Crippen LogP contribution < -0.4 is 0 Å². The predicted octanol–water partition coefficient (Wildman–Crippen LogP) is 2.33. The maximum absolute atomic E-state index is 10.7. The predicted molar refractivity (Wildman–Crippen MR) is 57.4 cm³/mol. The van der Waals surface area contributed by atoms with E-state index in [9.17, 15) is 4.79 Å². The summed E-state index contributed by atoms with van der Waals surface area (Å²) < 4.78 is 10.4. The second-order valence-corrected chi connectivity index (χ2v) is 3.16. The third kappa shape index (κ3) is 4.13. The molecule has 0 aliphatic rings. The van der Waals surface area contributed by atoms with Gasteiger partial charge in [-0.05, 0) is 12.5 Å². The molecule has 3 nitrogen and oxygen atoms in total. The molecule has 0 amide bonds. The molecule has 1 unspecified atom stereocenters. The van der Waals surface area contributed by atoms with E-state index < -0.39 is 0 Å². The Bertz CT molecular complexity index is 295. The molecule has 0 bridgehead atoms. The Morgan fingerprint density at radius 3 is 2.53 bits per heavy atom. The zero-order valence-corrected chi connectivity index (χ0v) is 9.10. The molecular weight excluding hydrogens is 192 g/mol. The number of carbonyl (C=O) groups is 1. The van der Waals surface area contributed by atoms with Gasteiger partial charge in [-0.1, -0.05) is 30.3 Å². The van der Waals surface area contributed by atoms with Gasteiger partial charge in [-0.15, -0.1) is 0 Å². The van der Waals surface area contributed by atoms with Crippen LogP contribution in [0.5, 0.6) is 0 Å². The Balaban J connectivity index is 2.61. The van der Waals surface area contributed by atoms with Gasteiger partial charge in [-0.3, -0.25) is 4.79 Å². The molecule has 1 rings (SSSR count). The molecule has 1 aromatic rings. The van der Waals surface area contributed by atoms with Gasteiger partial charge in [-0.25, -0.2) is 0 Å². The molecule has 1 atom stereocenters. The van der Waals surface area contributed by atoms with Gasteiger partial charge in [0.2, 0.25) is 0 Å². The van der Waals surface area contributed by atoms with Crippen molar-refractivity contribution in [1.29, 1.82) is 0 Å². The minimum atomic E-state index is -0.282. The van der Waals surface area contributed by atoms with Crippen LogP contribution in [0.2, 0.25) is 0 Å². The SMILES string of the molecule is CCOC(COC(C)=O)c1ccccc1. The molecule has 1 aromatic carbocycles.